The smallest absolute Gasteiger partial charge is 0.406 e. The van der Waals surface area contributed by atoms with Crippen LogP contribution in [0.25, 0.3) is 0 Å². The largest absolute Gasteiger partial charge is 0.573 e. The number of ether oxygens (including phenoxy) is 2. The zero-order valence-electron chi connectivity index (χ0n) is 40.3. The molecule has 390 valence electrons. The van der Waals surface area contributed by atoms with Crippen molar-refractivity contribution in [3.05, 3.63) is 169 Å². The summed E-state index contributed by atoms with van der Waals surface area (Å²) < 4.78 is 84.3. The van der Waals surface area contributed by atoms with Crippen molar-refractivity contribution >= 4 is 44.8 Å². The molecule has 2 fully saturated rings. The summed E-state index contributed by atoms with van der Waals surface area (Å²) in [6.45, 7) is 12.9. The Hall–Kier alpha value is -7.08. The molecule has 2 aromatic heterocycles. The summed E-state index contributed by atoms with van der Waals surface area (Å²) in [4.78, 5) is 56.3. The second-order valence-corrected chi connectivity index (χ2v) is 17.0. The first-order valence-corrected chi connectivity index (χ1v) is 23.7. The molecule has 2 saturated heterocycles. The molecule has 0 spiro atoms. The first-order chi connectivity index (χ1) is 34.7. The Morgan fingerprint density at radius 1 is 0.589 bits per heavy atom. The maximum absolute atomic E-state index is 12.6. The normalized spacial score (nSPS) is 13.9. The molecule has 8 rings (SSSR count). The van der Waals surface area contributed by atoms with E-state index in [1.807, 2.05) is 62.4 Å². The monoisotopic (exact) mass is 1080 g/mol. The fourth-order valence-corrected chi connectivity index (χ4v) is 7.36. The van der Waals surface area contributed by atoms with Crippen molar-refractivity contribution in [2.75, 3.05) is 82.0 Å². The van der Waals surface area contributed by atoms with Crippen molar-refractivity contribution in [1.29, 1.82) is 0 Å². The second-order valence-electron chi connectivity index (χ2n) is 16.1. The minimum Gasteiger partial charge on any atom is -0.406 e. The molecule has 23 heteroatoms. The summed E-state index contributed by atoms with van der Waals surface area (Å²) in [5.41, 5.74) is 2.48. The number of benzene rings is 4. The maximum atomic E-state index is 12.6. The maximum Gasteiger partial charge on any atom is 0.573 e. The molecule has 73 heavy (non-hydrogen) atoms. The van der Waals surface area contributed by atoms with E-state index in [0.717, 1.165) is 89.5 Å². The predicted octanol–water partition coefficient (Wildman–Crippen LogP) is 7.95. The van der Waals surface area contributed by atoms with Crippen LogP contribution in [0.3, 0.4) is 0 Å². The highest BCUT2D eigenvalue weighted by Gasteiger charge is 2.32. The Morgan fingerprint density at radius 3 is 1.42 bits per heavy atom. The van der Waals surface area contributed by atoms with Crippen LogP contribution >= 0.6 is 15.9 Å². The van der Waals surface area contributed by atoms with E-state index in [-0.39, 0.29) is 47.0 Å². The molecule has 2 aliphatic rings. The van der Waals surface area contributed by atoms with Gasteiger partial charge in [0, 0.05) is 86.0 Å². The molecule has 4 heterocycles. The molecule has 6 aromatic rings. The van der Waals surface area contributed by atoms with Gasteiger partial charge in [-0.1, -0.05) is 54.0 Å². The highest BCUT2D eigenvalue weighted by Crippen LogP contribution is 2.26. The van der Waals surface area contributed by atoms with Gasteiger partial charge in [-0.05, 0) is 110 Å². The van der Waals surface area contributed by atoms with E-state index in [1.165, 1.54) is 66.3 Å². The van der Waals surface area contributed by atoms with Crippen molar-refractivity contribution in [1.82, 2.24) is 34.7 Å². The molecule has 3 N–H and O–H groups in total. The number of amides is 2. The topological polar surface area (TPSA) is 168 Å². The van der Waals surface area contributed by atoms with Crippen LogP contribution in [0.4, 0.5) is 43.4 Å². The van der Waals surface area contributed by atoms with Crippen LogP contribution in [-0.4, -0.2) is 120 Å². The van der Waals surface area contributed by atoms with Gasteiger partial charge >= 0.3 is 12.7 Å². The minimum atomic E-state index is -4.80. The number of nitrogens with one attached hydrogen (secondary N) is 3. The molecule has 0 bridgehead atoms. The number of hydrogen-bond acceptors (Lipinski definition) is 12. The fourth-order valence-electron chi connectivity index (χ4n) is 6.91. The number of hydrogen-bond donors (Lipinski definition) is 3. The van der Waals surface area contributed by atoms with E-state index >= 15 is 0 Å². The lowest BCUT2D eigenvalue weighted by atomic mass is 10.1. The number of likely N-dealkylation sites (N-methyl/N-ethyl adjacent to an activating group) is 2. The van der Waals surface area contributed by atoms with E-state index in [4.69, 9.17) is 0 Å². The Bertz CT molecular complexity index is 2840. The van der Waals surface area contributed by atoms with Crippen LogP contribution in [0, 0.1) is 0 Å². The van der Waals surface area contributed by atoms with Crippen molar-refractivity contribution in [3.8, 4) is 11.5 Å². The van der Waals surface area contributed by atoms with Crippen LogP contribution in [0.15, 0.2) is 135 Å². The van der Waals surface area contributed by atoms with Gasteiger partial charge < -0.3 is 40.1 Å². The van der Waals surface area contributed by atoms with Gasteiger partial charge in [0.2, 0.25) is 0 Å². The number of halogens is 7. The van der Waals surface area contributed by atoms with Gasteiger partial charge in [-0.25, -0.2) is 9.36 Å². The number of nitrogens with zero attached hydrogens (tertiary/aromatic N) is 7. The zero-order chi connectivity index (χ0) is 53.1. The fraction of sp³-hybridized carbons (Fsp3) is 0.320. The quantitative estimate of drug-likeness (QED) is 0.107. The molecule has 4 aromatic carbocycles. The lowest BCUT2D eigenvalue weighted by Crippen LogP contribution is -2.44. The molecule has 0 atom stereocenters. The minimum absolute atomic E-state index is 0.00422. The third-order valence-corrected chi connectivity index (χ3v) is 11.1. The Morgan fingerprint density at radius 2 is 1.01 bits per heavy atom. The number of aromatic nitrogens is 4. The average Bonchev–Trinajstić information content (AvgIpc) is 3.35. The summed E-state index contributed by atoms with van der Waals surface area (Å²) >= 11 is 3.35. The van der Waals surface area contributed by atoms with Gasteiger partial charge in [0.05, 0.1) is 13.1 Å². The second kappa shape index (κ2) is 27.1. The molecule has 16 nitrogen and oxygen atoms in total. The predicted molar refractivity (Wildman–Crippen MR) is 269 cm³/mol. The highest BCUT2D eigenvalue weighted by molar-refractivity contribution is 9.10. The van der Waals surface area contributed by atoms with Gasteiger partial charge in [0.15, 0.2) is 0 Å². The van der Waals surface area contributed by atoms with E-state index in [0.29, 0.717) is 0 Å². The summed E-state index contributed by atoms with van der Waals surface area (Å²) in [5.74, 6) is -2.02. The van der Waals surface area contributed by atoms with Gasteiger partial charge in [0.25, 0.3) is 22.9 Å². The Balaban J connectivity index is 0.000000234. The number of rotatable bonds is 11. The summed E-state index contributed by atoms with van der Waals surface area (Å²) in [5, 5.41) is 16.6. The first-order valence-electron chi connectivity index (χ1n) is 22.9. The summed E-state index contributed by atoms with van der Waals surface area (Å²) in [7, 11) is 4.24. The SMILES string of the molecule is CC.CN1CCN(c2cccc(Cn3nc(C(=O)Nc4ccc(OC(F)(F)F)cc4)ccc3=O)c2)CC1.CN1CCNCC1.O=C(Nc1ccc(OC(F)(F)F)cc1)c1ccc(=O)n(Cc2cccc(Br)c2)n1. The van der Waals surface area contributed by atoms with Gasteiger partial charge in [-0.15, -0.1) is 26.3 Å². The third-order valence-electron chi connectivity index (χ3n) is 10.6. The Labute approximate surface area is 425 Å². The van der Waals surface area contributed by atoms with Crippen LogP contribution in [0.2, 0.25) is 0 Å². The molecule has 0 unspecified atom stereocenters. The van der Waals surface area contributed by atoms with Crippen molar-refractivity contribution in [2.45, 2.75) is 39.7 Å². The first kappa shape index (κ1) is 56.8. The standard InChI is InChI=1S/C24H24F3N5O3.C19H13BrF3N3O3.C5H12N2.C2H6/c1-30-11-13-31(14-12-30)19-4-2-3-17(15-19)16-32-22(33)10-9-21(29-32)23(34)28-18-5-7-20(8-6-18)35-24(25,26)27;20-13-3-1-2-12(10-13)11-26-17(27)9-8-16(25-26)18(28)24-14-4-6-15(7-5-14)29-19(21,22)23;1-7-4-2-6-3-5-7;1-2/h2-10,15H,11-14,16H2,1H3,(H,28,34);1-10H,11H2,(H,24,28);6H,2-5H2,1H3;1-2H3. The van der Waals surface area contributed by atoms with Crippen molar-refractivity contribution in [3.63, 3.8) is 0 Å². The van der Waals surface area contributed by atoms with E-state index < -0.39 is 36.0 Å². The molecule has 0 radical (unpaired) electrons. The number of alkyl halides is 6. The van der Waals surface area contributed by atoms with Crippen LogP contribution in [0.1, 0.15) is 46.0 Å². The Kier molecular flexibility index (Phi) is 21.1. The molecule has 2 aliphatic heterocycles. The number of carbonyl (C=O) groups is 2. The van der Waals surface area contributed by atoms with Gasteiger partial charge in [0.1, 0.15) is 22.9 Å². The average molecular weight is 1090 g/mol. The van der Waals surface area contributed by atoms with Crippen LogP contribution in [-0.2, 0) is 13.1 Å². The van der Waals surface area contributed by atoms with E-state index in [2.05, 4.69) is 80.3 Å². The molecular weight excluding hydrogens is 1030 g/mol. The number of piperazine rings is 2. The molecule has 2 amide bonds. The van der Waals surface area contributed by atoms with Crippen LogP contribution < -0.4 is 41.4 Å². The van der Waals surface area contributed by atoms with E-state index in [1.54, 1.807) is 0 Å². The highest BCUT2D eigenvalue weighted by atomic mass is 79.9. The molecule has 0 saturated carbocycles. The number of anilines is 3. The third kappa shape index (κ3) is 19.5. The summed E-state index contributed by atoms with van der Waals surface area (Å²) in [6, 6.07) is 29.6. The van der Waals surface area contributed by atoms with Crippen LogP contribution in [0.5, 0.6) is 11.5 Å². The molecule has 0 aliphatic carbocycles. The van der Waals surface area contributed by atoms with Gasteiger partial charge in [-0.3, -0.25) is 19.2 Å². The lowest BCUT2D eigenvalue weighted by Gasteiger charge is -2.34. The van der Waals surface area contributed by atoms with Crippen molar-refractivity contribution in [2.24, 2.45) is 0 Å². The van der Waals surface area contributed by atoms with Gasteiger partial charge in [-0.2, -0.15) is 10.2 Å². The zero-order valence-corrected chi connectivity index (χ0v) is 41.9. The van der Waals surface area contributed by atoms with Crippen molar-refractivity contribution < 1.29 is 45.4 Å². The summed E-state index contributed by atoms with van der Waals surface area (Å²) in [6.07, 6.45) is -9.59. The lowest BCUT2D eigenvalue weighted by molar-refractivity contribution is -0.275. The van der Waals surface area contributed by atoms with E-state index in [9.17, 15) is 45.5 Å². The number of carbonyl (C=O) groups excluding carboxylic acids is 2. The molecular formula is C50H55BrF6N10O6.